The van der Waals surface area contributed by atoms with E-state index in [2.05, 4.69) is 16.7 Å². The highest BCUT2D eigenvalue weighted by molar-refractivity contribution is 7.99. The van der Waals surface area contributed by atoms with Crippen LogP contribution in [0.25, 0.3) is 0 Å². The van der Waals surface area contributed by atoms with Gasteiger partial charge in [-0.3, -0.25) is 4.90 Å². The minimum Gasteiger partial charge on any atom is -0.372 e. The molecule has 88 valence electrons. The summed E-state index contributed by atoms with van der Waals surface area (Å²) in [5, 5.41) is 0. The quantitative estimate of drug-likeness (QED) is 0.783. The topological polar surface area (TPSA) is 38.5 Å². The Kier molecular flexibility index (Phi) is 4.75. The summed E-state index contributed by atoms with van der Waals surface area (Å²) in [7, 11) is 0. The van der Waals surface area contributed by atoms with E-state index in [-0.39, 0.29) is 0 Å². The summed E-state index contributed by atoms with van der Waals surface area (Å²) in [6.07, 6.45) is 4.46. The van der Waals surface area contributed by atoms with Gasteiger partial charge >= 0.3 is 0 Å². The van der Waals surface area contributed by atoms with Crippen LogP contribution in [0.15, 0.2) is 0 Å². The van der Waals surface area contributed by atoms with Crippen LogP contribution in [0.2, 0.25) is 0 Å². The minimum atomic E-state index is 0.330. The Morgan fingerprint density at radius 2 is 2.07 bits per heavy atom. The van der Waals surface area contributed by atoms with E-state index in [9.17, 15) is 0 Å². The first-order valence-corrected chi connectivity index (χ1v) is 7.19. The lowest BCUT2D eigenvalue weighted by molar-refractivity contribution is 0.0285. The van der Waals surface area contributed by atoms with Gasteiger partial charge in [-0.05, 0) is 31.6 Å². The molecule has 15 heavy (non-hydrogen) atoms. The number of nitrogens with two attached hydrogens (primary N) is 1. The van der Waals surface area contributed by atoms with Gasteiger partial charge in [-0.15, -0.1) is 0 Å². The normalized spacial score (nSPS) is 34.2. The molecule has 2 rings (SSSR count). The van der Waals surface area contributed by atoms with Crippen molar-refractivity contribution in [3.05, 3.63) is 0 Å². The lowest BCUT2D eigenvalue weighted by Crippen LogP contribution is -2.34. The van der Waals surface area contributed by atoms with E-state index in [0.717, 1.165) is 13.0 Å². The Labute approximate surface area is 96.7 Å². The van der Waals surface area contributed by atoms with Crippen LogP contribution in [0.4, 0.5) is 0 Å². The molecule has 2 N–H and O–H groups in total. The van der Waals surface area contributed by atoms with Gasteiger partial charge in [-0.1, -0.05) is 0 Å². The first-order chi connectivity index (χ1) is 7.38. The molecule has 0 saturated carbocycles. The van der Waals surface area contributed by atoms with Crippen LogP contribution < -0.4 is 5.73 Å². The zero-order chi connectivity index (χ0) is 10.5. The van der Waals surface area contributed by atoms with Gasteiger partial charge in [0.05, 0.1) is 12.2 Å². The monoisotopic (exact) mass is 230 g/mol. The molecule has 2 unspecified atom stereocenters. The second kappa shape index (κ2) is 6.09. The van der Waals surface area contributed by atoms with Crippen molar-refractivity contribution in [2.45, 2.75) is 31.5 Å². The summed E-state index contributed by atoms with van der Waals surface area (Å²) in [6.45, 7) is 4.29. The first kappa shape index (κ1) is 11.7. The first-order valence-electron chi connectivity index (χ1n) is 6.04. The largest absolute Gasteiger partial charge is 0.372 e. The number of rotatable bonds is 3. The summed E-state index contributed by atoms with van der Waals surface area (Å²) in [6, 6.07) is 0. The fourth-order valence-corrected chi connectivity index (χ4v) is 3.28. The van der Waals surface area contributed by atoms with Crippen LogP contribution in [-0.2, 0) is 4.74 Å². The predicted octanol–water partition coefficient (Wildman–Crippen LogP) is 0.932. The maximum absolute atomic E-state index is 5.88. The number of ether oxygens (including phenoxy) is 1. The second-order valence-corrected chi connectivity index (χ2v) is 5.68. The molecule has 0 aromatic heterocycles. The van der Waals surface area contributed by atoms with E-state index in [1.165, 1.54) is 37.4 Å². The van der Waals surface area contributed by atoms with Crippen molar-refractivity contribution in [3.8, 4) is 0 Å². The van der Waals surface area contributed by atoms with Crippen molar-refractivity contribution in [3.63, 3.8) is 0 Å². The molecule has 0 spiro atoms. The van der Waals surface area contributed by atoms with E-state index in [1.807, 2.05) is 0 Å². The number of hydrogen-bond acceptors (Lipinski definition) is 4. The van der Waals surface area contributed by atoms with Gasteiger partial charge in [-0.25, -0.2) is 0 Å². The molecule has 2 aliphatic rings. The molecule has 0 bridgehead atoms. The van der Waals surface area contributed by atoms with Crippen LogP contribution >= 0.6 is 11.8 Å². The van der Waals surface area contributed by atoms with Gasteiger partial charge in [0.2, 0.25) is 0 Å². The lowest BCUT2D eigenvalue weighted by Gasteiger charge is -2.23. The molecule has 4 heteroatoms. The SMILES string of the molecule is NCC1CCC(CN2CCCSCC2)O1. The predicted molar refractivity (Wildman–Crippen MR) is 65.3 cm³/mol. The van der Waals surface area contributed by atoms with Gasteiger partial charge in [0.15, 0.2) is 0 Å². The summed E-state index contributed by atoms with van der Waals surface area (Å²) in [5.41, 5.74) is 5.61. The zero-order valence-corrected chi connectivity index (χ0v) is 10.2. The van der Waals surface area contributed by atoms with E-state index >= 15 is 0 Å². The van der Waals surface area contributed by atoms with Crippen LogP contribution in [0, 0.1) is 0 Å². The molecule has 0 aromatic rings. The van der Waals surface area contributed by atoms with Crippen molar-refractivity contribution < 1.29 is 4.74 Å². The molecule has 0 amide bonds. The van der Waals surface area contributed by atoms with E-state index in [4.69, 9.17) is 10.5 Å². The highest BCUT2D eigenvalue weighted by Crippen LogP contribution is 2.20. The van der Waals surface area contributed by atoms with E-state index in [1.54, 1.807) is 0 Å². The number of thioether (sulfide) groups is 1. The summed E-state index contributed by atoms with van der Waals surface area (Å²) in [4.78, 5) is 2.56. The van der Waals surface area contributed by atoms with Crippen molar-refractivity contribution in [2.75, 3.05) is 37.7 Å². The van der Waals surface area contributed by atoms with Gasteiger partial charge in [0.1, 0.15) is 0 Å². The smallest absolute Gasteiger partial charge is 0.0707 e. The van der Waals surface area contributed by atoms with Crippen molar-refractivity contribution >= 4 is 11.8 Å². The van der Waals surface area contributed by atoms with Crippen LogP contribution in [-0.4, -0.2) is 54.8 Å². The van der Waals surface area contributed by atoms with Gasteiger partial charge in [-0.2, -0.15) is 11.8 Å². The van der Waals surface area contributed by atoms with Crippen molar-refractivity contribution in [1.82, 2.24) is 4.90 Å². The van der Waals surface area contributed by atoms with Crippen LogP contribution in [0.1, 0.15) is 19.3 Å². The molecule has 0 aliphatic carbocycles. The highest BCUT2D eigenvalue weighted by atomic mass is 32.2. The fraction of sp³-hybridized carbons (Fsp3) is 1.00. The Bertz CT molecular complexity index is 183. The zero-order valence-electron chi connectivity index (χ0n) is 9.36. The minimum absolute atomic E-state index is 0.330. The molecule has 0 aromatic carbocycles. The Morgan fingerprint density at radius 3 is 2.87 bits per heavy atom. The second-order valence-electron chi connectivity index (χ2n) is 4.46. The Morgan fingerprint density at radius 1 is 1.20 bits per heavy atom. The van der Waals surface area contributed by atoms with Crippen LogP contribution in [0.3, 0.4) is 0 Å². The Balaban J connectivity index is 1.71. The molecule has 3 nitrogen and oxygen atoms in total. The highest BCUT2D eigenvalue weighted by Gasteiger charge is 2.25. The number of hydrogen-bond donors (Lipinski definition) is 1. The molecule has 0 radical (unpaired) electrons. The average Bonchev–Trinajstić information content (AvgIpc) is 2.54. The third-order valence-electron chi connectivity index (χ3n) is 3.24. The standard InChI is InChI=1S/C11H22N2OS/c12-8-10-2-3-11(14-10)9-13-4-1-6-15-7-5-13/h10-11H,1-9,12H2. The summed E-state index contributed by atoms with van der Waals surface area (Å²) < 4.78 is 5.88. The molecular weight excluding hydrogens is 208 g/mol. The molecule has 2 aliphatic heterocycles. The molecule has 2 atom stereocenters. The van der Waals surface area contributed by atoms with E-state index < -0.39 is 0 Å². The van der Waals surface area contributed by atoms with E-state index in [0.29, 0.717) is 18.8 Å². The lowest BCUT2D eigenvalue weighted by atomic mass is 10.2. The summed E-state index contributed by atoms with van der Waals surface area (Å²) >= 11 is 2.08. The Hall–Kier alpha value is 0.230. The third kappa shape index (κ3) is 3.63. The maximum atomic E-state index is 5.88. The van der Waals surface area contributed by atoms with Gasteiger partial charge < -0.3 is 10.5 Å². The molecule has 2 heterocycles. The maximum Gasteiger partial charge on any atom is 0.0707 e. The van der Waals surface area contributed by atoms with Crippen LogP contribution in [0.5, 0.6) is 0 Å². The fourth-order valence-electron chi connectivity index (χ4n) is 2.36. The molecule has 2 fully saturated rings. The third-order valence-corrected chi connectivity index (χ3v) is 4.28. The average molecular weight is 230 g/mol. The summed E-state index contributed by atoms with van der Waals surface area (Å²) in [5.74, 6) is 2.61. The molecule has 2 saturated heterocycles. The van der Waals surface area contributed by atoms with Crippen molar-refractivity contribution in [2.24, 2.45) is 5.73 Å². The molecular formula is C11H22N2OS. The van der Waals surface area contributed by atoms with Gasteiger partial charge in [0, 0.05) is 25.4 Å². The van der Waals surface area contributed by atoms with Gasteiger partial charge in [0.25, 0.3) is 0 Å². The van der Waals surface area contributed by atoms with Crippen molar-refractivity contribution in [1.29, 1.82) is 0 Å². The number of nitrogens with zero attached hydrogens (tertiary/aromatic N) is 1.